The summed E-state index contributed by atoms with van der Waals surface area (Å²) in [4.78, 5) is 6.52. The number of benzene rings is 2. The first-order valence-corrected chi connectivity index (χ1v) is 9.02. The van der Waals surface area contributed by atoms with Crippen LogP contribution in [-0.4, -0.2) is 16.7 Å². The maximum atomic E-state index is 14.0. The number of hydrogen-bond acceptors (Lipinski definition) is 5. The molecule has 1 unspecified atom stereocenters. The Kier molecular flexibility index (Phi) is 4.43. The summed E-state index contributed by atoms with van der Waals surface area (Å²) >= 11 is 3.49. The van der Waals surface area contributed by atoms with Crippen LogP contribution in [0.3, 0.4) is 0 Å². The van der Waals surface area contributed by atoms with Gasteiger partial charge in [-0.25, -0.2) is 4.39 Å². The Balaban J connectivity index is 1.70. The van der Waals surface area contributed by atoms with Crippen LogP contribution in [0.15, 0.2) is 51.5 Å². The van der Waals surface area contributed by atoms with E-state index in [1.54, 1.807) is 12.1 Å². The summed E-state index contributed by atoms with van der Waals surface area (Å²) in [5, 5.41) is 13.4. The summed E-state index contributed by atoms with van der Waals surface area (Å²) in [5.74, 6) is 0.454. The largest absolute Gasteiger partial charge is 0.358 e. The molecule has 2 aromatic carbocycles. The Morgan fingerprint density at radius 3 is 2.88 bits per heavy atom. The summed E-state index contributed by atoms with van der Waals surface area (Å²) in [7, 11) is 0. The molecular weight excluding hydrogens is 399 g/mol. The molecule has 4 rings (SSSR count). The summed E-state index contributed by atoms with van der Waals surface area (Å²) in [5.41, 5.74) is 1.45. The van der Waals surface area contributed by atoms with Gasteiger partial charge in [0, 0.05) is 16.6 Å². The number of nitrogens with zero attached hydrogens (tertiary/aromatic N) is 4. The lowest BCUT2D eigenvalue weighted by molar-refractivity contribution is 0.355. The Bertz CT molecular complexity index is 997. The summed E-state index contributed by atoms with van der Waals surface area (Å²) in [6, 6.07) is 14.1. The van der Waals surface area contributed by atoms with Crippen molar-refractivity contribution in [2.24, 2.45) is 0 Å². The predicted octanol–water partition coefficient (Wildman–Crippen LogP) is 4.85. The van der Waals surface area contributed by atoms with Gasteiger partial charge in [-0.1, -0.05) is 39.3 Å². The van der Waals surface area contributed by atoms with Crippen molar-refractivity contribution in [3.8, 4) is 17.5 Å². The Hall–Kier alpha value is -2.72. The van der Waals surface area contributed by atoms with Gasteiger partial charge in [0.2, 0.25) is 11.7 Å². The third-order valence-corrected chi connectivity index (χ3v) is 5.20. The van der Waals surface area contributed by atoms with Gasteiger partial charge in [-0.15, -0.1) is 0 Å². The minimum absolute atomic E-state index is 0.0462. The van der Waals surface area contributed by atoms with Gasteiger partial charge in [0.05, 0.1) is 5.69 Å². The van der Waals surface area contributed by atoms with Crippen LogP contribution >= 0.6 is 15.9 Å². The second-order valence-electron chi connectivity index (χ2n) is 6.03. The van der Waals surface area contributed by atoms with E-state index in [-0.39, 0.29) is 11.6 Å². The first kappa shape index (κ1) is 16.7. The molecule has 1 saturated heterocycles. The smallest absolute Gasteiger partial charge is 0.249 e. The number of rotatable bonds is 3. The highest BCUT2D eigenvalue weighted by molar-refractivity contribution is 9.10. The summed E-state index contributed by atoms with van der Waals surface area (Å²) in [6.45, 7) is 0.704. The minimum atomic E-state index is -0.518. The van der Waals surface area contributed by atoms with Crippen molar-refractivity contribution in [3.05, 3.63) is 64.2 Å². The van der Waals surface area contributed by atoms with Crippen LogP contribution in [0.5, 0.6) is 0 Å². The lowest BCUT2D eigenvalue weighted by atomic mass is 10.1. The maximum absolute atomic E-state index is 14.0. The topological polar surface area (TPSA) is 66.0 Å². The molecule has 0 bridgehead atoms. The summed E-state index contributed by atoms with van der Waals surface area (Å²) < 4.78 is 20.4. The molecule has 0 N–H and O–H groups in total. The van der Waals surface area contributed by atoms with Crippen molar-refractivity contribution in [3.63, 3.8) is 0 Å². The molecule has 2 heterocycles. The van der Waals surface area contributed by atoms with Crippen molar-refractivity contribution in [2.45, 2.75) is 18.9 Å². The van der Waals surface area contributed by atoms with Crippen LogP contribution in [-0.2, 0) is 0 Å². The van der Waals surface area contributed by atoms with Gasteiger partial charge in [0.25, 0.3) is 0 Å². The molecule has 7 heteroatoms. The quantitative estimate of drug-likeness (QED) is 0.614. The van der Waals surface area contributed by atoms with Gasteiger partial charge < -0.3 is 9.42 Å². The second kappa shape index (κ2) is 6.89. The van der Waals surface area contributed by atoms with Gasteiger partial charge in [-0.2, -0.15) is 10.2 Å². The van der Waals surface area contributed by atoms with Crippen LogP contribution in [0.4, 0.5) is 10.1 Å². The molecule has 5 nitrogen and oxygen atoms in total. The lowest BCUT2D eigenvalue weighted by Gasteiger charge is -2.25. The molecule has 3 aromatic rings. The molecule has 0 radical (unpaired) electrons. The first-order valence-electron chi connectivity index (χ1n) is 8.23. The highest BCUT2D eigenvalue weighted by Gasteiger charge is 2.33. The van der Waals surface area contributed by atoms with Gasteiger partial charge in [-0.05, 0) is 37.1 Å². The third-order valence-electron chi connectivity index (χ3n) is 4.51. The Morgan fingerprint density at radius 2 is 2.08 bits per heavy atom. The monoisotopic (exact) mass is 412 g/mol. The molecule has 1 aliphatic heterocycles. The number of anilines is 1. The van der Waals surface area contributed by atoms with E-state index in [0.29, 0.717) is 23.9 Å². The molecule has 26 heavy (non-hydrogen) atoms. The Labute approximate surface area is 158 Å². The minimum Gasteiger partial charge on any atom is -0.358 e. The number of hydrogen-bond donors (Lipinski definition) is 0. The molecule has 130 valence electrons. The number of aromatic nitrogens is 2. The molecule has 0 spiro atoms. The fourth-order valence-electron chi connectivity index (χ4n) is 3.30. The normalized spacial score (nSPS) is 16.7. The third kappa shape index (κ3) is 2.86. The maximum Gasteiger partial charge on any atom is 0.249 e. The van der Waals surface area contributed by atoms with Crippen LogP contribution in [0, 0.1) is 17.1 Å². The van der Waals surface area contributed by atoms with Crippen LogP contribution in [0.2, 0.25) is 0 Å². The lowest BCUT2D eigenvalue weighted by Crippen LogP contribution is -2.24. The second-order valence-corrected chi connectivity index (χ2v) is 6.89. The molecule has 1 aliphatic rings. The molecule has 1 fully saturated rings. The first-order chi connectivity index (χ1) is 12.7. The molecule has 1 aromatic heterocycles. The molecular formula is C19H14BrFN4O. The fraction of sp³-hybridized carbons (Fsp3) is 0.211. The van der Waals surface area contributed by atoms with E-state index in [1.165, 1.54) is 6.07 Å². The van der Waals surface area contributed by atoms with E-state index in [2.05, 4.69) is 26.1 Å². The predicted molar refractivity (Wildman–Crippen MR) is 97.9 cm³/mol. The average molecular weight is 413 g/mol. The Morgan fingerprint density at radius 1 is 1.23 bits per heavy atom. The van der Waals surface area contributed by atoms with E-state index < -0.39 is 5.82 Å². The molecule has 0 amide bonds. The van der Waals surface area contributed by atoms with Gasteiger partial charge in [-0.3, -0.25) is 0 Å². The van der Waals surface area contributed by atoms with Crippen LogP contribution in [0.1, 0.15) is 30.3 Å². The van der Waals surface area contributed by atoms with Crippen molar-refractivity contribution < 1.29 is 8.91 Å². The van der Waals surface area contributed by atoms with E-state index >= 15 is 0 Å². The zero-order valence-corrected chi connectivity index (χ0v) is 15.3. The zero-order chi connectivity index (χ0) is 18.1. The number of halogens is 2. The highest BCUT2D eigenvalue weighted by atomic mass is 79.9. The average Bonchev–Trinajstić information content (AvgIpc) is 3.31. The van der Waals surface area contributed by atoms with E-state index in [1.807, 2.05) is 35.2 Å². The standard InChI is InChI=1S/C19H14BrFN4O/c20-14-6-2-1-5-12(14)18-23-19(26-24-18)17-9-4-10-25(17)16-8-3-7-15(21)13(16)11-22/h1-3,5-8,17H,4,9-10H2. The van der Waals surface area contributed by atoms with Crippen molar-refractivity contribution in [1.82, 2.24) is 10.1 Å². The SMILES string of the molecule is N#Cc1c(F)cccc1N1CCCC1c1nc(-c2ccccc2Br)no1. The zero-order valence-electron chi connectivity index (χ0n) is 13.7. The van der Waals surface area contributed by atoms with Gasteiger partial charge in [0.1, 0.15) is 23.5 Å². The van der Waals surface area contributed by atoms with Crippen LogP contribution < -0.4 is 4.90 Å². The van der Waals surface area contributed by atoms with Gasteiger partial charge >= 0.3 is 0 Å². The molecule has 0 aliphatic carbocycles. The van der Waals surface area contributed by atoms with E-state index in [9.17, 15) is 9.65 Å². The number of nitriles is 1. The van der Waals surface area contributed by atoms with Crippen molar-refractivity contribution in [1.29, 1.82) is 5.26 Å². The molecule has 0 saturated carbocycles. The van der Waals surface area contributed by atoms with Crippen molar-refractivity contribution in [2.75, 3.05) is 11.4 Å². The molecule has 1 atom stereocenters. The van der Waals surface area contributed by atoms with E-state index in [0.717, 1.165) is 22.9 Å². The fourth-order valence-corrected chi connectivity index (χ4v) is 3.76. The van der Waals surface area contributed by atoms with Crippen molar-refractivity contribution >= 4 is 21.6 Å². The van der Waals surface area contributed by atoms with Crippen LogP contribution in [0.25, 0.3) is 11.4 Å². The highest BCUT2D eigenvalue weighted by Crippen LogP contribution is 2.38. The summed E-state index contributed by atoms with van der Waals surface area (Å²) in [6.07, 6.45) is 1.71. The van der Waals surface area contributed by atoms with Gasteiger partial charge in [0.15, 0.2) is 0 Å². The van der Waals surface area contributed by atoms with E-state index in [4.69, 9.17) is 4.52 Å².